The Bertz CT molecular complexity index is 273. The number of carboxylic acids is 1. The molecule has 94 valence electrons. The fraction of sp³-hybridized carbons (Fsp3) is 0.600. The Morgan fingerprint density at radius 3 is 2.50 bits per heavy atom. The first-order valence-electron chi connectivity index (χ1n) is 4.84. The zero-order valence-electron chi connectivity index (χ0n) is 9.64. The molecule has 1 atom stereocenters. The normalized spacial score (nSPS) is 14.2. The minimum atomic E-state index is -0.961. The highest BCUT2D eigenvalue weighted by Gasteiger charge is 2.09. The second-order valence-corrected chi connectivity index (χ2v) is 3.53. The average molecular weight is 250 g/mol. The van der Waals surface area contributed by atoms with Crippen molar-refractivity contribution in [1.29, 1.82) is 0 Å². The molecule has 0 unspecified atom stereocenters. The van der Waals surface area contributed by atoms with Gasteiger partial charge in [0, 0.05) is 0 Å². The molecule has 6 heteroatoms. The minimum absolute atomic E-state index is 0. The summed E-state index contributed by atoms with van der Waals surface area (Å²) in [5, 5.41) is 8.54. The van der Waals surface area contributed by atoms with E-state index < -0.39 is 12.0 Å². The Hall–Kier alpha value is -1.07. The van der Waals surface area contributed by atoms with Crippen LogP contribution in [0, 0.1) is 0 Å². The third-order valence-electron chi connectivity index (χ3n) is 1.87. The summed E-state index contributed by atoms with van der Waals surface area (Å²) in [5.74, 6) is -0.415. The van der Waals surface area contributed by atoms with E-state index in [1.54, 1.807) is 6.92 Å². The lowest BCUT2D eigenvalue weighted by Crippen LogP contribution is -2.29. The third kappa shape index (κ3) is 9.48. The molecule has 0 aliphatic carbocycles. The van der Waals surface area contributed by atoms with E-state index >= 15 is 0 Å². The Labute approximate surface area is 102 Å². The number of carbonyl (C=O) groups is 1. The number of carboxylic acid groups (broad SMARTS) is 1. The number of halogens is 1. The van der Waals surface area contributed by atoms with Crippen molar-refractivity contribution in [2.75, 3.05) is 6.54 Å². The van der Waals surface area contributed by atoms with Gasteiger partial charge in [0.25, 0.3) is 0 Å². The van der Waals surface area contributed by atoms with Crippen molar-refractivity contribution in [2.24, 2.45) is 16.5 Å². The van der Waals surface area contributed by atoms with Crippen LogP contribution in [0.25, 0.3) is 0 Å². The molecule has 0 rings (SSSR count). The number of amidine groups is 1. The zero-order chi connectivity index (χ0) is 11.8. The van der Waals surface area contributed by atoms with E-state index in [4.69, 9.17) is 16.6 Å². The molecular weight excluding hydrogens is 230 g/mol. The van der Waals surface area contributed by atoms with Crippen molar-refractivity contribution < 1.29 is 9.90 Å². The van der Waals surface area contributed by atoms with Gasteiger partial charge >= 0.3 is 5.97 Å². The first-order chi connectivity index (χ1) is 6.93. The molecule has 0 spiro atoms. The molecule has 5 nitrogen and oxygen atoms in total. The predicted octanol–water partition coefficient (Wildman–Crippen LogP) is 0.924. The van der Waals surface area contributed by atoms with Crippen LogP contribution in [0.4, 0.5) is 0 Å². The third-order valence-corrected chi connectivity index (χ3v) is 1.87. The van der Waals surface area contributed by atoms with Gasteiger partial charge in [-0.3, -0.25) is 9.79 Å². The summed E-state index contributed by atoms with van der Waals surface area (Å²) in [7, 11) is 0. The second-order valence-electron chi connectivity index (χ2n) is 3.53. The van der Waals surface area contributed by atoms with Crippen LogP contribution < -0.4 is 11.5 Å². The molecule has 0 heterocycles. The molecule has 0 aromatic heterocycles. The van der Waals surface area contributed by atoms with E-state index in [9.17, 15) is 4.79 Å². The number of hydrogen-bond acceptors (Lipinski definition) is 3. The molecule has 0 aliphatic heterocycles. The summed E-state index contributed by atoms with van der Waals surface area (Å²) in [6, 6.07) is -0.784. The fourth-order valence-corrected chi connectivity index (χ4v) is 0.947. The molecule has 0 radical (unpaired) electrons. The second kappa shape index (κ2) is 9.18. The number of allylic oxidation sites excluding steroid dienone is 1. The summed E-state index contributed by atoms with van der Waals surface area (Å²) in [5.41, 5.74) is 11.8. The lowest BCUT2D eigenvalue weighted by molar-refractivity contribution is -0.138. The number of rotatable bonds is 6. The zero-order valence-corrected chi connectivity index (χ0v) is 10.5. The van der Waals surface area contributed by atoms with Crippen molar-refractivity contribution in [2.45, 2.75) is 32.7 Å². The largest absolute Gasteiger partial charge is 0.480 e. The van der Waals surface area contributed by atoms with Gasteiger partial charge in [-0.05, 0) is 26.7 Å². The summed E-state index contributed by atoms with van der Waals surface area (Å²) < 4.78 is 0. The van der Waals surface area contributed by atoms with Gasteiger partial charge in [-0.1, -0.05) is 11.6 Å². The molecule has 0 saturated carbocycles. The van der Waals surface area contributed by atoms with Gasteiger partial charge in [-0.15, -0.1) is 12.4 Å². The number of nitrogens with two attached hydrogens (primary N) is 2. The van der Waals surface area contributed by atoms with Gasteiger partial charge in [-0.25, -0.2) is 0 Å². The summed E-state index contributed by atoms with van der Waals surface area (Å²) in [6.07, 6.45) is 3.03. The Morgan fingerprint density at radius 1 is 1.50 bits per heavy atom. The van der Waals surface area contributed by atoms with Crippen LogP contribution in [0.3, 0.4) is 0 Å². The van der Waals surface area contributed by atoms with Gasteiger partial charge < -0.3 is 16.6 Å². The minimum Gasteiger partial charge on any atom is -0.480 e. The van der Waals surface area contributed by atoms with Crippen LogP contribution in [0.2, 0.25) is 0 Å². The van der Waals surface area contributed by atoms with Crippen LogP contribution in [-0.4, -0.2) is 29.5 Å². The molecule has 0 aromatic rings. The maximum absolute atomic E-state index is 10.4. The van der Waals surface area contributed by atoms with E-state index in [0.717, 1.165) is 5.57 Å². The first-order valence-corrected chi connectivity index (χ1v) is 4.84. The van der Waals surface area contributed by atoms with Crippen LogP contribution in [0.5, 0.6) is 0 Å². The molecule has 0 fully saturated rings. The number of aliphatic carboxylic acids is 1. The molecule has 0 aliphatic rings. The molecular formula is C10H20ClN3O2. The molecule has 0 saturated heterocycles. The van der Waals surface area contributed by atoms with E-state index in [0.29, 0.717) is 25.2 Å². The quantitative estimate of drug-likeness (QED) is 0.370. The van der Waals surface area contributed by atoms with Gasteiger partial charge in [0.2, 0.25) is 0 Å². The number of aliphatic imine (C=N–C) groups is 1. The van der Waals surface area contributed by atoms with Gasteiger partial charge in [0.1, 0.15) is 6.04 Å². The van der Waals surface area contributed by atoms with Crippen LogP contribution >= 0.6 is 12.4 Å². The van der Waals surface area contributed by atoms with Crippen molar-refractivity contribution in [3.05, 3.63) is 11.6 Å². The molecule has 0 aromatic carbocycles. The number of hydrogen-bond donors (Lipinski definition) is 3. The van der Waals surface area contributed by atoms with Crippen molar-refractivity contribution >= 4 is 24.2 Å². The topological polar surface area (TPSA) is 102 Å². The van der Waals surface area contributed by atoms with Crippen LogP contribution in [0.1, 0.15) is 26.7 Å². The molecule has 5 N–H and O–H groups in total. The highest BCUT2D eigenvalue weighted by atomic mass is 35.5. The van der Waals surface area contributed by atoms with Crippen molar-refractivity contribution in [3.63, 3.8) is 0 Å². The predicted molar refractivity (Wildman–Crippen MR) is 68.0 cm³/mol. The Morgan fingerprint density at radius 2 is 2.06 bits per heavy atom. The maximum Gasteiger partial charge on any atom is 0.320 e. The van der Waals surface area contributed by atoms with Crippen molar-refractivity contribution in [3.8, 4) is 0 Å². The fourth-order valence-electron chi connectivity index (χ4n) is 0.947. The van der Waals surface area contributed by atoms with Crippen LogP contribution in [0.15, 0.2) is 16.6 Å². The number of nitrogens with zero attached hydrogens (tertiary/aromatic N) is 1. The van der Waals surface area contributed by atoms with Gasteiger partial charge in [-0.2, -0.15) is 0 Å². The summed E-state index contributed by atoms with van der Waals surface area (Å²) in [4.78, 5) is 14.4. The molecule has 16 heavy (non-hydrogen) atoms. The first kappa shape index (κ1) is 17.3. The highest BCUT2D eigenvalue weighted by molar-refractivity contribution is 5.85. The van der Waals surface area contributed by atoms with E-state index in [1.807, 2.05) is 13.0 Å². The summed E-state index contributed by atoms with van der Waals surface area (Å²) >= 11 is 0. The SMILES string of the molecule is CC(N)=NC/C(C)=C/CC[C@@H](N)C(=O)O.Cl. The Balaban J connectivity index is 0. The van der Waals surface area contributed by atoms with E-state index in [2.05, 4.69) is 4.99 Å². The molecule has 0 bridgehead atoms. The lowest BCUT2D eigenvalue weighted by Gasteiger charge is -2.03. The van der Waals surface area contributed by atoms with Gasteiger partial charge in [0.05, 0.1) is 12.4 Å². The highest BCUT2D eigenvalue weighted by Crippen LogP contribution is 2.01. The van der Waals surface area contributed by atoms with E-state index in [1.165, 1.54) is 0 Å². The maximum atomic E-state index is 10.4. The smallest absolute Gasteiger partial charge is 0.320 e. The average Bonchev–Trinajstić information content (AvgIpc) is 2.14. The van der Waals surface area contributed by atoms with E-state index in [-0.39, 0.29) is 12.4 Å². The standard InChI is InChI=1S/C10H19N3O2.ClH/c1-7(6-13-8(2)11)4-3-5-9(12)10(14)15;/h4,9H,3,5-6,12H2,1-2H3,(H2,11,13)(H,14,15);1H/b7-4+;/t9-;/m1./s1. The van der Waals surface area contributed by atoms with Crippen LogP contribution in [-0.2, 0) is 4.79 Å². The summed E-state index contributed by atoms with van der Waals surface area (Å²) in [6.45, 7) is 4.22. The van der Waals surface area contributed by atoms with Gasteiger partial charge in [0.15, 0.2) is 0 Å². The lowest BCUT2D eigenvalue weighted by atomic mass is 10.1. The molecule has 0 amide bonds. The monoisotopic (exact) mass is 249 g/mol. The Kier molecular flexibility index (Phi) is 9.94. The van der Waals surface area contributed by atoms with Crippen molar-refractivity contribution in [1.82, 2.24) is 0 Å².